The van der Waals surface area contributed by atoms with E-state index in [9.17, 15) is 30.7 Å². The molecule has 11 heteroatoms. The number of rotatable bonds is 5. The van der Waals surface area contributed by atoms with Gasteiger partial charge in [-0.05, 0) is 25.5 Å². The standard InChI is InChI=1S/C16H15F7N4/c1-3-8(2)24-14-25-11(16(21,22)23)7-12(27-14)26-13-9(15(18,19)20)5-4-6-10(13)17/h4-8H,3H2,1-2H3,(H2,24,25,26,27)/t8-/m1/s1. The fourth-order valence-corrected chi connectivity index (χ4v) is 2.06. The Labute approximate surface area is 149 Å². The summed E-state index contributed by atoms with van der Waals surface area (Å²) in [4.78, 5) is 7.05. The van der Waals surface area contributed by atoms with Crippen LogP contribution in [0.5, 0.6) is 0 Å². The van der Waals surface area contributed by atoms with E-state index in [1.165, 1.54) is 0 Å². The van der Waals surface area contributed by atoms with Gasteiger partial charge in [0.1, 0.15) is 11.6 Å². The zero-order valence-electron chi connectivity index (χ0n) is 14.1. The summed E-state index contributed by atoms with van der Waals surface area (Å²) in [5.74, 6) is -2.35. The predicted octanol–water partition coefficient (Wildman–Crippen LogP) is 5.61. The number of para-hydroxylation sites is 1. The van der Waals surface area contributed by atoms with Gasteiger partial charge >= 0.3 is 12.4 Å². The Kier molecular flexibility index (Phi) is 5.81. The van der Waals surface area contributed by atoms with Gasteiger partial charge in [-0.1, -0.05) is 13.0 Å². The first kappa shape index (κ1) is 20.7. The van der Waals surface area contributed by atoms with Crippen LogP contribution < -0.4 is 10.6 Å². The third kappa shape index (κ3) is 5.20. The second-order valence-electron chi connectivity index (χ2n) is 5.70. The SMILES string of the molecule is CC[C@@H](C)Nc1nc(Nc2c(F)cccc2C(F)(F)F)cc(C(F)(F)F)n1. The number of nitrogens with zero attached hydrogens (tertiary/aromatic N) is 2. The minimum atomic E-state index is -4.91. The minimum absolute atomic E-state index is 0.291. The van der Waals surface area contributed by atoms with E-state index >= 15 is 0 Å². The number of alkyl halides is 6. The first-order valence-corrected chi connectivity index (χ1v) is 7.77. The molecule has 0 aliphatic rings. The van der Waals surface area contributed by atoms with Crippen molar-refractivity contribution < 1.29 is 30.7 Å². The van der Waals surface area contributed by atoms with Crippen molar-refractivity contribution in [2.75, 3.05) is 10.6 Å². The molecule has 0 amide bonds. The highest BCUT2D eigenvalue weighted by atomic mass is 19.4. The molecule has 1 heterocycles. The topological polar surface area (TPSA) is 49.8 Å². The molecule has 4 nitrogen and oxygen atoms in total. The largest absolute Gasteiger partial charge is 0.433 e. The summed E-state index contributed by atoms with van der Waals surface area (Å²) in [5.41, 5.74) is -3.77. The van der Waals surface area contributed by atoms with Crippen molar-refractivity contribution in [1.82, 2.24) is 9.97 Å². The van der Waals surface area contributed by atoms with Crippen LogP contribution in [-0.2, 0) is 12.4 Å². The van der Waals surface area contributed by atoms with Crippen molar-refractivity contribution in [3.63, 3.8) is 0 Å². The van der Waals surface area contributed by atoms with E-state index in [0.717, 1.165) is 12.1 Å². The third-order valence-corrected chi connectivity index (χ3v) is 3.58. The number of hydrogen-bond acceptors (Lipinski definition) is 4. The summed E-state index contributed by atoms with van der Waals surface area (Å²) in [6.45, 7) is 3.43. The molecule has 0 aliphatic heterocycles. The molecule has 0 aliphatic carbocycles. The van der Waals surface area contributed by atoms with E-state index in [2.05, 4.69) is 15.3 Å². The summed E-state index contributed by atoms with van der Waals surface area (Å²) in [7, 11) is 0. The molecule has 0 radical (unpaired) electrons. The summed E-state index contributed by atoms with van der Waals surface area (Å²) in [5, 5.41) is 4.62. The Hall–Kier alpha value is -2.59. The predicted molar refractivity (Wildman–Crippen MR) is 85.1 cm³/mol. The molecule has 27 heavy (non-hydrogen) atoms. The fourth-order valence-electron chi connectivity index (χ4n) is 2.06. The van der Waals surface area contributed by atoms with Crippen molar-refractivity contribution in [1.29, 1.82) is 0 Å². The molecule has 0 saturated carbocycles. The Bertz CT molecular complexity index is 802. The Morgan fingerprint density at radius 3 is 2.26 bits per heavy atom. The van der Waals surface area contributed by atoms with Crippen molar-refractivity contribution >= 4 is 17.5 Å². The van der Waals surface area contributed by atoms with Gasteiger partial charge in [0, 0.05) is 12.1 Å². The van der Waals surface area contributed by atoms with Crippen LogP contribution in [0, 0.1) is 5.82 Å². The zero-order valence-corrected chi connectivity index (χ0v) is 14.1. The lowest BCUT2D eigenvalue weighted by atomic mass is 10.1. The quantitative estimate of drug-likeness (QED) is 0.646. The van der Waals surface area contributed by atoms with E-state index in [0.29, 0.717) is 18.6 Å². The number of nitrogens with one attached hydrogen (secondary N) is 2. The minimum Gasteiger partial charge on any atom is -0.352 e. The summed E-state index contributed by atoms with van der Waals surface area (Å²) < 4.78 is 92.3. The number of halogens is 7. The number of hydrogen-bond donors (Lipinski definition) is 2. The molecule has 0 fully saturated rings. The van der Waals surface area contributed by atoms with Crippen LogP contribution in [0.2, 0.25) is 0 Å². The fraction of sp³-hybridized carbons (Fsp3) is 0.375. The van der Waals surface area contributed by atoms with Crippen LogP contribution in [0.3, 0.4) is 0 Å². The van der Waals surface area contributed by atoms with Gasteiger partial charge in [0.25, 0.3) is 0 Å². The first-order chi connectivity index (χ1) is 12.4. The van der Waals surface area contributed by atoms with Crippen molar-refractivity contribution in [2.45, 2.75) is 38.7 Å². The van der Waals surface area contributed by atoms with Crippen molar-refractivity contribution in [3.8, 4) is 0 Å². The van der Waals surface area contributed by atoms with Gasteiger partial charge < -0.3 is 10.6 Å². The number of anilines is 3. The van der Waals surface area contributed by atoms with Crippen LogP contribution >= 0.6 is 0 Å². The summed E-state index contributed by atoms with van der Waals surface area (Å²) in [6.07, 6.45) is -9.25. The summed E-state index contributed by atoms with van der Waals surface area (Å²) >= 11 is 0. The number of benzene rings is 1. The van der Waals surface area contributed by atoms with Crippen LogP contribution in [0.4, 0.5) is 48.2 Å². The molecule has 0 bridgehead atoms. The van der Waals surface area contributed by atoms with Gasteiger partial charge in [-0.2, -0.15) is 31.3 Å². The highest BCUT2D eigenvalue weighted by molar-refractivity contribution is 5.63. The maximum atomic E-state index is 13.9. The van der Waals surface area contributed by atoms with E-state index in [4.69, 9.17) is 0 Å². The molecule has 2 N–H and O–H groups in total. The lowest BCUT2D eigenvalue weighted by molar-refractivity contribution is -0.141. The Balaban J connectivity index is 2.52. The van der Waals surface area contributed by atoms with Gasteiger partial charge in [0.15, 0.2) is 5.69 Å². The molecule has 0 spiro atoms. The molecular formula is C16H15F7N4. The second-order valence-corrected chi connectivity index (χ2v) is 5.70. The third-order valence-electron chi connectivity index (χ3n) is 3.58. The smallest absolute Gasteiger partial charge is 0.352 e. The van der Waals surface area contributed by atoms with Crippen LogP contribution in [0.25, 0.3) is 0 Å². The molecule has 1 aromatic heterocycles. The lowest BCUT2D eigenvalue weighted by Crippen LogP contribution is -2.19. The van der Waals surface area contributed by atoms with E-state index in [-0.39, 0.29) is 6.04 Å². The average Bonchev–Trinajstić information content (AvgIpc) is 2.54. The van der Waals surface area contributed by atoms with Crippen LogP contribution in [0.1, 0.15) is 31.5 Å². The van der Waals surface area contributed by atoms with Gasteiger partial charge in [0.05, 0.1) is 11.3 Å². The molecule has 1 atom stereocenters. The maximum absolute atomic E-state index is 13.9. The lowest BCUT2D eigenvalue weighted by Gasteiger charge is -2.17. The van der Waals surface area contributed by atoms with E-state index in [1.54, 1.807) is 13.8 Å². The zero-order chi connectivity index (χ0) is 20.4. The molecular weight excluding hydrogens is 381 g/mol. The molecule has 148 valence electrons. The Morgan fingerprint density at radius 2 is 1.70 bits per heavy atom. The van der Waals surface area contributed by atoms with E-state index < -0.39 is 46.9 Å². The van der Waals surface area contributed by atoms with Gasteiger partial charge in [-0.15, -0.1) is 0 Å². The summed E-state index contributed by atoms with van der Waals surface area (Å²) in [6, 6.07) is 2.33. The van der Waals surface area contributed by atoms with Crippen molar-refractivity contribution in [3.05, 3.63) is 41.3 Å². The highest BCUT2D eigenvalue weighted by Gasteiger charge is 2.36. The monoisotopic (exact) mass is 396 g/mol. The Morgan fingerprint density at radius 1 is 1.04 bits per heavy atom. The molecule has 2 aromatic rings. The molecule has 2 rings (SSSR count). The van der Waals surface area contributed by atoms with Gasteiger partial charge in [-0.3, -0.25) is 0 Å². The van der Waals surface area contributed by atoms with Crippen LogP contribution in [-0.4, -0.2) is 16.0 Å². The van der Waals surface area contributed by atoms with Crippen LogP contribution in [0.15, 0.2) is 24.3 Å². The number of aromatic nitrogens is 2. The van der Waals surface area contributed by atoms with E-state index in [1.807, 2.05) is 5.32 Å². The molecule has 1 aromatic carbocycles. The van der Waals surface area contributed by atoms with Gasteiger partial charge in [-0.25, -0.2) is 9.37 Å². The second kappa shape index (κ2) is 7.57. The normalized spacial score (nSPS) is 13.4. The first-order valence-electron chi connectivity index (χ1n) is 7.77. The molecule has 0 saturated heterocycles. The van der Waals surface area contributed by atoms with Gasteiger partial charge in [0.2, 0.25) is 5.95 Å². The average molecular weight is 396 g/mol. The maximum Gasteiger partial charge on any atom is 0.433 e. The highest BCUT2D eigenvalue weighted by Crippen LogP contribution is 2.38. The molecule has 0 unspecified atom stereocenters. The van der Waals surface area contributed by atoms with Crippen molar-refractivity contribution in [2.24, 2.45) is 0 Å².